The molecule has 3 nitrogen and oxygen atoms in total. The second-order valence-corrected chi connectivity index (χ2v) is 14.8. The first-order chi connectivity index (χ1) is 10.3. The SMILES string of the molecule is CC1(C)O[C@@H]2CCC(=O)C[C@@]2(C)CC[C@H]1O[Si](C)(C)C(C)(C)C. The lowest BCUT2D eigenvalue weighted by Gasteiger charge is -2.45. The molecule has 0 radical (unpaired) electrons. The molecule has 2 fully saturated rings. The summed E-state index contributed by atoms with van der Waals surface area (Å²) in [6, 6.07) is 0. The van der Waals surface area contributed by atoms with E-state index in [0.29, 0.717) is 18.6 Å². The number of ether oxygens (including phenoxy) is 1. The molecule has 0 aromatic carbocycles. The molecule has 2 rings (SSSR count). The van der Waals surface area contributed by atoms with Gasteiger partial charge in [0.15, 0.2) is 8.32 Å². The molecule has 23 heavy (non-hydrogen) atoms. The van der Waals surface area contributed by atoms with E-state index in [1.807, 2.05) is 0 Å². The average molecular weight is 341 g/mol. The molecule has 0 bridgehead atoms. The van der Waals surface area contributed by atoms with Gasteiger partial charge in [-0.2, -0.15) is 0 Å². The van der Waals surface area contributed by atoms with E-state index in [-0.39, 0.29) is 28.3 Å². The number of carbonyl (C=O) groups excluding carboxylic acids is 1. The minimum Gasteiger partial charge on any atom is -0.411 e. The first-order valence-electron chi connectivity index (χ1n) is 9.14. The van der Waals surface area contributed by atoms with E-state index in [1.54, 1.807) is 0 Å². The summed E-state index contributed by atoms with van der Waals surface area (Å²) >= 11 is 0. The molecule has 1 heterocycles. The third kappa shape index (κ3) is 3.90. The van der Waals surface area contributed by atoms with Crippen LogP contribution in [0.2, 0.25) is 18.1 Å². The highest BCUT2D eigenvalue weighted by Crippen LogP contribution is 2.48. The third-order valence-corrected chi connectivity index (χ3v) is 11.0. The Kier molecular flexibility index (Phi) is 4.96. The zero-order valence-electron chi connectivity index (χ0n) is 16.4. The van der Waals surface area contributed by atoms with Crippen molar-refractivity contribution in [2.24, 2.45) is 5.41 Å². The maximum absolute atomic E-state index is 12.0. The summed E-state index contributed by atoms with van der Waals surface area (Å²) in [5, 5.41) is 0.196. The summed E-state index contributed by atoms with van der Waals surface area (Å²) in [6.45, 7) is 18.1. The highest BCUT2D eigenvalue weighted by Gasteiger charge is 2.50. The molecule has 1 aliphatic carbocycles. The van der Waals surface area contributed by atoms with Crippen LogP contribution in [0.15, 0.2) is 0 Å². The van der Waals surface area contributed by atoms with Gasteiger partial charge in [-0.15, -0.1) is 0 Å². The Labute approximate surface area is 143 Å². The van der Waals surface area contributed by atoms with Crippen LogP contribution in [0, 0.1) is 5.41 Å². The molecule has 4 heteroatoms. The second-order valence-electron chi connectivity index (χ2n) is 10.0. The molecule has 0 aromatic rings. The average Bonchev–Trinajstić information content (AvgIpc) is 2.44. The quantitative estimate of drug-likeness (QED) is 0.657. The van der Waals surface area contributed by atoms with E-state index < -0.39 is 8.32 Å². The standard InChI is InChI=1S/C19H36O3Si/c1-17(2,3)23(7,8)22-15-11-12-19(6)13-14(20)9-10-16(19)21-18(15,4)5/h15-16H,9-13H2,1-8H3/t15-,16-,19-/m1/s1. The maximum atomic E-state index is 12.0. The van der Waals surface area contributed by atoms with Crippen molar-refractivity contribution in [3.63, 3.8) is 0 Å². The topological polar surface area (TPSA) is 35.5 Å². The molecule has 3 atom stereocenters. The smallest absolute Gasteiger partial charge is 0.192 e. The number of Topliss-reactive ketones (excluding diaryl/α,β-unsaturated/α-hetero) is 1. The summed E-state index contributed by atoms with van der Waals surface area (Å²) in [5.74, 6) is 0.397. The van der Waals surface area contributed by atoms with E-state index in [2.05, 4.69) is 54.6 Å². The van der Waals surface area contributed by atoms with E-state index >= 15 is 0 Å². The van der Waals surface area contributed by atoms with Gasteiger partial charge in [-0.3, -0.25) is 4.79 Å². The number of carbonyl (C=O) groups is 1. The number of fused-ring (bicyclic) bond motifs is 1. The monoisotopic (exact) mass is 340 g/mol. The molecular formula is C19H36O3Si. The highest BCUT2D eigenvalue weighted by atomic mass is 28.4. The van der Waals surface area contributed by atoms with E-state index in [0.717, 1.165) is 19.3 Å². The van der Waals surface area contributed by atoms with E-state index in [4.69, 9.17) is 9.16 Å². The fourth-order valence-electron chi connectivity index (χ4n) is 3.73. The number of hydrogen-bond acceptors (Lipinski definition) is 3. The van der Waals surface area contributed by atoms with Gasteiger partial charge in [0.25, 0.3) is 0 Å². The highest BCUT2D eigenvalue weighted by molar-refractivity contribution is 6.74. The van der Waals surface area contributed by atoms with Crippen LogP contribution in [-0.4, -0.2) is 31.9 Å². The van der Waals surface area contributed by atoms with Crippen LogP contribution in [0.4, 0.5) is 0 Å². The first-order valence-corrected chi connectivity index (χ1v) is 12.1. The van der Waals surface area contributed by atoms with Crippen molar-refractivity contribution in [2.75, 3.05) is 0 Å². The van der Waals surface area contributed by atoms with Gasteiger partial charge in [0.2, 0.25) is 0 Å². The molecule has 0 aromatic heterocycles. The molecular weight excluding hydrogens is 304 g/mol. The summed E-state index contributed by atoms with van der Waals surface area (Å²) in [5.41, 5.74) is -0.309. The zero-order valence-corrected chi connectivity index (χ0v) is 17.4. The molecule has 0 spiro atoms. The van der Waals surface area contributed by atoms with E-state index in [1.165, 1.54) is 0 Å². The zero-order chi connectivity index (χ0) is 17.7. The second kappa shape index (κ2) is 5.96. The maximum Gasteiger partial charge on any atom is 0.192 e. The van der Waals surface area contributed by atoms with Gasteiger partial charge < -0.3 is 9.16 Å². The van der Waals surface area contributed by atoms with Crippen LogP contribution in [0.25, 0.3) is 0 Å². The van der Waals surface area contributed by atoms with Gasteiger partial charge in [0, 0.05) is 18.3 Å². The molecule has 1 aliphatic heterocycles. The molecule has 1 saturated carbocycles. The lowest BCUT2D eigenvalue weighted by molar-refractivity contribution is -0.161. The Morgan fingerprint density at radius 3 is 2.35 bits per heavy atom. The van der Waals surface area contributed by atoms with Crippen LogP contribution in [0.3, 0.4) is 0 Å². The third-order valence-electron chi connectivity index (χ3n) is 6.51. The Bertz CT molecular complexity index is 464. The number of rotatable bonds is 2. The van der Waals surface area contributed by atoms with Crippen molar-refractivity contribution in [1.29, 1.82) is 0 Å². The van der Waals surface area contributed by atoms with Crippen LogP contribution in [0.5, 0.6) is 0 Å². The molecule has 134 valence electrons. The van der Waals surface area contributed by atoms with Crippen LogP contribution >= 0.6 is 0 Å². The van der Waals surface area contributed by atoms with Gasteiger partial charge in [0.1, 0.15) is 5.78 Å². The molecule has 0 N–H and O–H groups in total. The predicted octanol–water partition coefficient (Wildman–Crippen LogP) is 5.09. The van der Waals surface area contributed by atoms with Gasteiger partial charge in [-0.05, 0) is 51.2 Å². The molecule has 0 amide bonds. The van der Waals surface area contributed by atoms with Gasteiger partial charge in [-0.1, -0.05) is 27.7 Å². The van der Waals surface area contributed by atoms with Crippen molar-refractivity contribution in [2.45, 2.75) is 110 Å². The van der Waals surface area contributed by atoms with Crippen molar-refractivity contribution in [3.05, 3.63) is 0 Å². The largest absolute Gasteiger partial charge is 0.411 e. The molecule has 1 saturated heterocycles. The van der Waals surface area contributed by atoms with Crippen molar-refractivity contribution < 1.29 is 14.0 Å². The fraction of sp³-hybridized carbons (Fsp3) is 0.947. The summed E-state index contributed by atoms with van der Waals surface area (Å²) in [4.78, 5) is 12.0. The lowest BCUT2D eigenvalue weighted by Crippen LogP contribution is -2.51. The predicted molar refractivity (Wildman–Crippen MR) is 97.2 cm³/mol. The van der Waals surface area contributed by atoms with Gasteiger partial charge >= 0.3 is 0 Å². The van der Waals surface area contributed by atoms with Gasteiger partial charge in [-0.25, -0.2) is 0 Å². The van der Waals surface area contributed by atoms with Crippen LogP contribution in [-0.2, 0) is 14.0 Å². The van der Waals surface area contributed by atoms with E-state index in [9.17, 15) is 4.79 Å². The van der Waals surface area contributed by atoms with Crippen molar-refractivity contribution in [3.8, 4) is 0 Å². The van der Waals surface area contributed by atoms with Crippen molar-refractivity contribution in [1.82, 2.24) is 0 Å². The first kappa shape index (κ1) is 19.1. The minimum atomic E-state index is -1.84. The lowest BCUT2D eigenvalue weighted by atomic mass is 9.70. The molecule has 2 aliphatic rings. The normalized spacial score (nSPS) is 35.6. The minimum absolute atomic E-state index is 0.0157. The fourth-order valence-corrected chi connectivity index (χ4v) is 5.19. The number of hydrogen-bond donors (Lipinski definition) is 0. The van der Waals surface area contributed by atoms with Gasteiger partial charge in [0.05, 0.1) is 17.8 Å². The summed E-state index contributed by atoms with van der Waals surface area (Å²) in [7, 11) is -1.84. The molecule has 0 unspecified atom stereocenters. The Morgan fingerprint density at radius 1 is 1.17 bits per heavy atom. The Balaban J connectivity index is 2.22. The van der Waals surface area contributed by atoms with Crippen molar-refractivity contribution >= 4 is 14.1 Å². The summed E-state index contributed by atoms with van der Waals surface area (Å²) in [6.07, 6.45) is 4.51. The van der Waals surface area contributed by atoms with Crippen LogP contribution < -0.4 is 0 Å². The summed E-state index contributed by atoms with van der Waals surface area (Å²) < 4.78 is 13.3. The van der Waals surface area contributed by atoms with Crippen LogP contribution in [0.1, 0.15) is 73.6 Å². The number of ketones is 1. The Hall–Kier alpha value is -0.193. The Morgan fingerprint density at radius 2 is 1.78 bits per heavy atom.